The lowest BCUT2D eigenvalue weighted by atomic mass is 9.99. The number of imidazole rings is 1. The van der Waals surface area contributed by atoms with Gasteiger partial charge in [0.2, 0.25) is 0 Å². The predicted molar refractivity (Wildman–Crippen MR) is 88.2 cm³/mol. The number of hydrogen-bond donors (Lipinski definition) is 1. The number of hydrogen-bond acceptors (Lipinski definition) is 4. The molecule has 0 saturated carbocycles. The summed E-state index contributed by atoms with van der Waals surface area (Å²) in [6.45, 7) is 3.11. The van der Waals surface area contributed by atoms with Crippen LogP contribution in [0.15, 0.2) is 24.4 Å². The van der Waals surface area contributed by atoms with Crippen molar-refractivity contribution in [3.05, 3.63) is 41.5 Å². The van der Waals surface area contributed by atoms with E-state index in [4.69, 9.17) is 9.47 Å². The molecule has 4 rings (SSSR count). The summed E-state index contributed by atoms with van der Waals surface area (Å²) < 4.78 is 51.0. The minimum Gasteiger partial charge on any atom is -0.486 e. The first kappa shape index (κ1) is 17.2. The Morgan fingerprint density at radius 1 is 1.19 bits per heavy atom. The fourth-order valence-electron chi connectivity index (χ4n) is 3.44. The molecular formula is C18H20F3N3O2. The average molecular weight is 367 g/mol. The SMILES string of the molecule is FC(F)(F)c1cn2c(n1)CC[C@H](CNCc1ccc3c(c1)OCCO3)C2. The molecule has 0 fully saturated rings. The Hall–Kier alpha value is -2.22. The summed E-state index contributed by atoms with van der Waals surface area (Å²) in [5.41, 5.74) is 0.296. The maximum Gasteiger partial charge on any atom is 0.434 e. The van der Waals surface area contributed by atoms with Crippen molar-refractivity contribution in [1.82, 2.24) is 14.9 Å². The molecule has 26 heavy (non-hydrogen) atoms. The molecule has 5 nitrogen and oxygen atoms in total. The van der Waals surface area contributed by atoms with Crippen LogP contribution in [0.3, 0.4) is 0 Å². The molecule has 2 aliphatic rings. The van der Waals surface area contributed by atoms with Crippen molar-refractivity contribution < 1.29 is 22.6 Å². The molecular weight excluding hydrogens is 347 g/mol. The average Bonchev–Trinajstić information content (AvgIpc) is 3.05. The highest BCUT2D eigenvalue weighted by Gasteiger charge is 2.35. The second kappa shape index (κ2) is 6.83. The number of rotatable bonds is 4. The summed E-state index contributed by atoms with van der Waals surface area (Å²) in [6, 6.07) is 5.86. The van der Waals surface area contributed by atoms with Gasteiger partial charge in [-0.15, -0.1) is 0 Å². The number of aryl methyl sites for hydroxylation is 1. The number of halogens is 3. The number of aromatic nitrogens is 2. The van der Waals surface area contributed by atoms with Crippen LogP contribution in [-0.2, 0) is 25.7 Å². The van der Waals surface area contributed by atoms with Gasteiger partial charge in [0.25, 0.3) is 0 Å². The van der Waals surface area contributed by atoms with E-state index >= 15 is 0 Å². The lowest BCUT2D eigenvalue weighted by molar-refractivity contribution is -0.141. The van der Waals surface area contributed by atoms with Crippen molar-refractivity contribution >= 4 is 0 Å². The van der Waals surface area contributed by atoms with Gasteiger partial charge in [-0.05, 0) is 36.6 Å². The molecule has 140 valence electrons. The van der Waals surface area contributed by atoms with Crippen LogP contribution in [0.25, 0.3) is 0 Å². The molecule has 1 N–H and O–H groups in total. The molecule has 3 heterocycles. The number of ether oxygens (including phenoxy) is 2. The van der Waals surface area contributed by atoms with Gasteiger partial charge >= 0.3 is 6.18 Å². The van der Waals surface area contributed by atoms with Gasteiger partial charge < -0.3 is 19.4 Å². The van der Waals surface area contributed by atoms with Gasteiger partial charge in [0.15, 0.2) is 17.2 Å². The first-order valence-corrected chi connectivity index (χ1v) is 8.71. The molecule has 0 amide bonds. The van der Waals surface area contributed by atoms with Crippen LogP contribution in [0.1, 0.15) is 23.5 Å². The molecule has 0 aliphatic carbocycles. The standard InChI is InChI=1S/C18H20F3N3O2/c19-18(20,21)16-11-24-10-13(2-4-17(24)23-16)9-22-8-12-1-3-14-15(7-12)26-6-5-25-14/h1,3,7,11,13,22H,2,4-6,8-10H2/t13-/m1/s1. The minimum absolute atomic E-state index is 0.287. The quantitative estimate of drug-likeness (QED) is 0.903. The molecule has 2 aliphatic heterocycles. The van der Waals surface area contributed by atoms with Gasteiger partial charge in [0, 0.05) is 25.7 Å². The van der Waals surface area contributed by atoms with E-state index in [-0.39, 0.29) is 5.92 Å². The maximum absolute atomic E-state index is 12.8. The third kappa shape index (κ3) is 3.65. The van der Waals surface area contributed by atoms with Gasteiger partial charge in [0.1, 0.15) is 19.0 Å². The van der Waals surface area contributed by atoms with Crippen molar-refractivity contribution in [2.24, 2.45) is 5.92 Å². The molecule has 0 radical (unpaired) electrons. The Kier molecular flexibility index (Phi) is 4.52. The van der Waals surface area contributed by atoms with Crippen LogP contribution in [0.5, 0.6) is 11.5 Å². The first-order chi connectivity index (χ1) is 12.5. The van der Waals surface area contributed by atoms with E-state index in [0.717, 1.165) is 36.2 Å². The van der Waals surface area contributed by atoms with Crippen LogP contribution in [0.4, 0.5) is 13.2 Å². The lowest BCUT2D eigenvalue weighted by Crippen LogP contribution is -2.29. The van der Waals surface area contributed by atoms with Crippen molar-refractivity contribution in [2.45, 2.75) is 32.1 Å². The summed E-state index contributed by atoms with van der Waals surface area (Å²) in [7, 11) is 0. The second-order valence-electron chi connectivity index (χ2n) is 6.71. The van der Waals surface area contributed by atoms with Crippen LogP contribution < -0.4 is 14.8 Å². The highest BCUT2D eigenvalue weighted by molar-refractivity contribution is 5.43. The third-order valence-corrected chi connectivity index (χ3v) is 4.75. The van der Waals surface area contributed by atoms with Gasteiger partial charge in [-0.2, -0.15) is 13.2 Å². The monoisotopic (exact) mass is 367 g/mol. The zero-order valence-electron chi connectivity index (χ0n) is 14.2. The summed E-state index contributed by atoms with van der Waals surface area (Å²) in [5, 5.41) is 3.39. The first-order valence-electron chi connectivity index (χ1n) is 8.71. The Labute approximate surface area is 149 Å². The van der Waals surface area contributed by atoms with E-state index in [2.05, 4.69) is 10.3 Å². The lowest BCUT2D eigenvalue weighted by Gasteiger charge is -2.24. The van der Waals surface area contributed by atoms with E-state index in [0.29, 0.717) is 38.5 Å². The van der Waals surface area contributed by atoms with Gasteiger partial charge in [-0.1, -0.05) is 6.07 Å². The summed E-state index contributed by atoms with van der Waals surface area (Å²) >= 11 is 0. The Balaban J connectivity index is 1.31. The molecule has 0 spiro atoms. The van der Waals surface area contributed by atoms with Gasteiger partial charge in [-0.25, -0.2) is 4.98 Å². The van der Waals surface area contributed by atoms with Crippen molar-refractivity contribution in [3.8, 4) is 11.5 Å². The van der Waals surface area contributed by atoms with Crippen molar-refractivity contribution in [2.75, 3.05) is 19.8 Å². The zero-order valence-corrected chi connectivity index (χ0v) is 14.2. The molecule has 0 unspecified atom stereocenters. The molecule has 0 saturated heterocycles. The Morgan fingerprint density at radius 3 is 2.81 bits per heavy atom. The number of benzene rings is 1. The highest BCUT2D eigenvalue weighted by atomic mass is 19.4. The van der Waals surface area contributed by atoms with Crippen LogP contribution in [-0.4, -0.2) is 29.3 Å². The Bertz CT molecular complexity index is 788. The third-order valence-electron chi connectivity index (χ3n) is 4.75. The van der Waals surface area contributed by atoms with Gasteiger partial charge in [0.05, 0.1) is 0 Å². The maximum atomic E-state index is 12.8. The van der Waals surface area contributed by atoms with E-state index in [1.165, 1.54) is 0 Å². The zero-order chi connectivity index (χ0) is 18.1. The van der Waals surface area contributed by atoms with Crippen LogP contribution >= 0.6 is 0 Å². The molecule has 8 heteroatoms. The van der Waals surface area contributed by atoms with Crippen molar-refractivity contribution in [1.29, 1.82) is 0 Å². The summed E-state index contributed by atoms with van der Waals surface area (Å²) in [4.78, 5) is 3.72. The minimum atomic E-state index is -4.38. The van der Waals surface area contributed by atoms with E-state index < -0.39 is 11.9 Å². The normalized spacial score (nSPS) is 19.3. The van der Waals surface area contributed by atoms with Gasteiger partial charge in [-0.3, -0.25) is 0 Å². The Morgan fingerprint density at radius 2 is 2.00 bits per heavy atom. The molecule has 1 aromatic carbocycles. The van der Waals surface area contributed by atoms with E-state index in [1.54, 1.807) is 4.57 Å². The molecule has 1 atom stereocenters. The fourth-order valence-corrected chi connectivity index (χ4v) is 3.44. The smallest absolute Gasteiger partial charge is 0.434 e. The topological polar surface area (TPSA) is 48.3 Å². The number of nitrogens with zero attached hydrogens (tertiary/aromatic N) is 2. The number of fused-ring (bicyclic) bond motifs is 2. The highest BCUT2D eigenvalue weighted by Crippen LogP contribution is 2.31. The second-order valence-corrected chi connectivity index (χ2v) is 6.71. The predicted octanol–water partition coefficient (Wildman–Crippen LogP) is 3.03. The number of nitrogens with one attached hydrogen (secondary N) is 1. The van der Waals surface area contributed by atoms with E-state index in [1.807, 2.05) is 18.2 Å². The van der Waals surface area contributed by atoms with E-state index in [9.17, 15) is 13.2 Å². The summed E-state index contributed by atoms with van der Waals surface area (Å²) in [5.74, 6) is 2.34. The van der Waals surface area contributed by atoms with Crippen LogP contribution in [0, 0.1) is 5.92 Å². The molecule has 1 aromatic heterocycles. The number of alkyl halides is 3. The largest absolute Gasteiger partial charge is 0.486 e. The van der Waals surface area contributed by atoms with Crippen LogP contribution in [0.2, 0.25) is 0 Å². The summed E-state index contributed by atoms with van der Waals surface area (Å²) in [6.07, 6.45) is -1.84. The molecule has 2 aromatic rings. The fraction of sp³-hybridized carbons (Fsp3) is 0.500. The molecule has 0 bridgehead atoms. The van der Waals surface area contributed by atoms with Crippen molar-refractivity contribution in [3.63, 3.8) is 0 Å².